The second-order valence-corrected chi connectivity index (χ2v) is 4.21. The van der Waals surface area contributed by atoms with Crippen molar-refractivity contribution in [3.05, 3.63) is 28.2 Å². The summed E-state index contributed by atoms with van der Waals surface area (Å²) in [5.74, 6) is 0.173. The van der Waals surface area contributed by atoms with E-state index in [2.05, 4.69) is 15.9 Å². The van der Waals surface area contributed by atoms with Crippen LogP contribution < -0.4 is 4.74 Å². The average Bonchev–Trinajstić information content (AvgIpc) is 2.20. The number of benzene rings is 1. The van der Waals surface area contributed by atoms with Gasteiger partial charge in [-0.15, -0.1) is 11.6 Å². The highest BCUT2D eigenvalue weighted by atomic mass is 79.9. The van der Waals surface area contributed by atoms with Crippen molar-refractivity contribution in [2.24, 2.45) is 0 Å². The van der Waals surface area contributed by atoms with E-state index in [4.69, 9.17) is 16.3 Å². The van der Waals surface area contributed by atoms with E-state index in [1.807, 2.05) is 0 Å². The van der Waals surface area contributed by atoms with Crippen LogP contribution in [-0.4, -0.2) is 12.6 Å². The van der Waals surface area contributed by atoms with Crippen LogP contribution in [0, 0.1) is 0 Å². The Bertz CT molecular complexity index is 370. The minimum Gasteiger partial charge on any atom is -0.462 e. The first-order chi connectivity index (χ1) is 7.06. The SMILES string of the molecule is CC(=O)C(Cl)c1ccc(Br)c(OCF)c1. The van der Waals surface area contributed by atoms with Crippen molar-refractivity contribution in [3.63, 3.8) is 0 Å². The van der Waals surface area contributed by atoms with Crippen LogP contribution in [0.5, 0.6) is 5.75 Å². The minimum absolute atomic E-state index is 0.162. The number of carbonyl (C=O) groups is 1. The molecule has 0 aliphatic heterocycles. The van der Waals surface area contributed by atoms with Gasteiger partial charge in [0, 0.05) is 0 Å². The molecule has 2 nitrogen and oxygen atoms in total. The van der Waals surface area contributed by atoms with Gasteiger partial charge in [0.25, 0.3) is 0 Å². The predicted octanol–water partition coefficient (Wildman–Crippen LogP) is 3.62. The van der Waals surface area contributed by atoms with E-state index in [9.17, 15) is 9.18 Å². The summed E-state index contributed by atoms with van der Waals surface area (Å²) >= 11 is 9.05. The third-order valence-corrected chi connectivity index (χ3v) is 3.03. The molecule has 0 saturated heterocycles. The Hall–Kier alpha value is -0.610. The molecule has 1 unspecified atom stereocenters. The molecule has 1 rings (SSSR count). The van der Waals surface area contributed by atoms with Crippen molar-refractivity contribution in [2.45, 2.75) is 12.3 Å². The van der Waals surface area contributed by atoms with Crippen LogP contribution in [0.2, 0.25) is 0 Å². The standard InChI is InChI=1S/C10H9BrClFO2/c1-6(14)10(12)7-2-3-8(11)9(4-7)15-5-13/h2-4,10H,5H2,1H3. The number of hydrogen-bond donors (Lipinski definition) is 0. The molecule has 0 spiro atoms. The normalized spacial score (nSPS) is 12.3. The highest BCUT2D eigenvalue weighted by molar-refractivity contribution is 9.10. The van der Waals surface area contributed by atoms with Crippen molar-refractivity contribution < 1.29 is 13.9 Å². The molecule has 0 N–H and O–H groups in total. The fourth-order valence-electron chi connectivity index (χ4n) is 1.08. The van der Waals surface area contributed by atoms with Gasteiger partial charge in [-0.25, -0.2) is 4.39 Å². The van der Waals surface area contributed by atoms with Crippen LogP contribution in [-0.2, 0) is 4.79 Å². The van der Waals surface area contributed by atoms with Gasteiger partial charge in [-0.1, -0.05) is 6.07 Å². The van der Waals surface area contributed by atoms with Gasteiger partial charge >= 0.3 is 0 Å². The second kappa shape index (κ2) is 5.47. The molecule has 0 aliphatic carbocycles. The number of ketones is 1. The second-order valence-electron chi connectivity index (χ2n) is 2.92. The molecule has 15 heavy (non-hydrogen) atoms. The summed E-state index contributed by atoms with van der Waals surface area (Å²) in [6.07, 6.45) is 0. The van der Waals surface area contributed by atoms with Crippen molar-refractivity contribution >= 4 is 33.3 Å². The molecule has 0 saturated carbocycles. The Morgan fingerprint density at radius 2 is 2.33 bits per heavy atom. The Kier molecular flexibility index (Phi) is 4.54. The fraction of sp³-hybridized carbons (Fsp3) is 0.300. The molecular formula is C10H9BrClFO2. The highest BCUT2D eigenvalue weighted by Crippen LogP contribution is 2.31. The lowest BCUT2D eigenvalue weighted by molar-refractivity contribution is -0.116. The molecule has 5 heteroatoms. The number of carbonyl (C=O) groups excluding carboxylic acids is 1. The Balaban J connectivity index is 3.01. The summed E-state index contributed by atoms with van der Waals surface area (Å²) in [6.45, 7) is 0.477. The number of Topliss-reactive ketones (excluding diaryl/α,β-unsaturated/α-hetero) is 1. The van der Waals surface area contributed by atoms with E-state index >= 15 is 0 Å². The smallest absolute Gasteiger partial charge is 0.228 e. The number of halogens is 3. The minimum atomic E-state index is -0.922. The third-order valence-electron chi connectivity index (χ3n) is 1.81. The van der Waals surface area contributed by atoms with E-state index in [0.717, 1.165) is 0 Å². The Labute approximate surface area is 101 Å². The van der Waals surface area contributed by atoms with Gasteiger partial charge < -0.3 is 4.74 Å². The first-order valence-electron chi connectivity index (χ1n) is 4.19. The summed E-state index contributed by atoms with van der Waals surface area (Å²) in [6, 6.07) is 4.90. The number of alkyl halides is 2. The monoisotopic (exact) mass is 294 g/mol. The van der Waals surface area contributed by atoms with Crippen LogP contribution in [0.25, 0.3) is 0 Å². The van der Waals surface area contributed by atoms with Gasteiger partial charge in [0.1, 0.15) is 11.1 Å². The number of rotatable bonds is 4. The molecule has 1 aromatic rings. The zero-order valence-corrected chi connectivity index (χ0v) is 10.3. The summed E-state index contributed by atoms with van der Waals surface area (Å²) in [7, 11) is 0. The molecule has 82 valence electrons. The van der Waals surface area contributed by atoms with Crippen LogP contribution in [0.4, 0.5) is 4.39 Å². The maximum absolute atomic E-state index is 12.0. The zero-order valence-electron chi connectivity index (χ0n) is 7.97. The molecule has 0 radical (unpaired) electrons. The van der Waals surface area contributed by atoms with E-state index in [1.165, 1.54) is 6.92 Å². The number of ether oxygens (including phenoxy) is 1. The molecule has 0 heterocycles. The third kappa shape index (κ3) is 3.18. The molecule has 0 fully saturated rings. The molecule has 1 aromatic carbocycles. The molecule has 0 bridgehead atoms. The van der Waals surface area contributed by atoms with Crippen LogP contribution in [0.1, 0.15) is 17.9 Å². The Morgan fingerprint density at radius 1 is 1.67 bits per heavy atom. The van der Waals surface area contributed by atoms with E-state index in [-0.39, 0.29) is 5.78 Å². The average molecular weight is 296 g/mol. The van der Waals surface area contributed by atoms with Crippen molar-refractivity contribution in [3.8, 4) is 5.75 Å². The highest BCUT2D eigenvalue weighted by Gasteiger charge is 2.14. The van der Waals surface area contributed by atoms with Gasteiger partial charge in [0.05, 0.1) is 4.47 Å². The lowest BCUT2D eigenvalue weighted by Gasteiger charge is -2.09. The van der Waals surface area contributed by atoms with Gasteiger partial charge in [-0.3, -0.25) is 4.79 Å². The summed E-state index contributed by atoms with van der Waals surface area (Å²) in [5, 5.41) is -0.722. The summed E-state index contributed by atoms with van der Waals surface area (Å²) in [5.41, 5.74) is 0.593. The van der Waals surface area contributed by atoms with Crippen LogP contribution in [0.15, 0.2) is 22.7 Å². The lowest BCUT2D eigenvalue weighted by atomic mass is 10.1. The molecule has 0 aromatic heterocycles. The summed E-state index contributed by atoms with van der Waals surface area (Å²) in [4.78, 5) is 11.0. The molecule has 0 amide bonds. The van der Waals surface area contributed by atoms with Gasteiger partial charge in [0.15, 0.2) is 5.78 Å². The van der Waals surface area contributed by atoms with Crippen molar-refractivity contribution in [2.75, 3.05) is 6.86 Å². The zero-order chi connectivity index (χ0) is 11.4. The van der Waals surface area contributed by atoms with Crippen LogP contribution >= 0.6 is 27.5 Å². The van der Waals surface area contributed by atoms with Crippen LogP contribution in [0.3, 0.4) is 0 Å². The van der Waals surface area contributed by atoms with Gasteiger partial charge in [-0.05, 0) is 40.5 Å². The van der Waals surface area contributed by atoms with Gasteiger partial charge in [0.2, 0.25) is 6.86 Å². The predicted molar refractivity (Wildman–Crippen MR) is 60.0 cm³/mol. The van der Waals surface area contributed by atoms with Gasteiger partial charge in [-0.2, -0.15) is 0 Å². The fourth-order valence-corrected chi connectivity index (χ4v) is 1.58. The van der Waals surface area contributed by atoms with E-state index < -0.39 is 12.2 Å². The topological polar surface area (TPSA) is 26.3 Å². The summed E-state index contributed by atoms with van der Waals surface area (Å²) < 4.78 is 17.4. The van der Waals surface area contributed by atoms with Crippen molar-refractivity contribution in [1.82, 2.24) is 0 Å². The van der Waals surface area contributed by atoms with Crippen molar-refractivity contribution in [1.29, 1.82) is 0 Å². The molecule has 0 aliphatic rings. The van der Waals surface area contributed by atoms with E-state index in [1.54, 1.807) is 18.2 Å². The first kappa shape index (κ1) is 12.5. The Morgan fingerprint density at radius 3 is 2.87 bits per heavy atom. The molecule has 1 atom stereocenters. The quantitative estimate of drug-likeness (QED) is 0.793. The maximum Gasteiger partial charge on any atom is 0.228 e. The maximum atomic E-state index is 12.0. The number of hydrogen-bond acceptors (Lipinski definition) is 2. The lowest BCUT2D eigenvalue weighted by Crippen LogP contribution is -2.02. The first-order valence-corrected chi connectivity index (χ1v) is 5.42. The van der Waals surface area contributed by atoms with E-state index in [0.29, 0.717) is 15.8 Å². The molecular weight excluding hydrogens is 286 g/mol. The largest absolute Gasteiger partial charge is 0.462 e.